The van der Waals surface area contributed by atoms with Gasteiger partial charge >= 0.3 is 0 Å². The summed E-state index contributed by atoms with van der Waals surface area (Å²) in [6, 6.07) is 2.18. The van der Waals surface area contributed by atoms with Crippen LogP contribution in [0.3, 0.4) is 0 Å². The molecule has 0 aliphatic carbocycles. The third-order valence-corrected chi connectivity index (χ3v) is 5.08. The Hall–Kier alpha value is -0.670. The van der Waals surface area contributed by atoms with Crippen LogP contribution < -0.4 is 10.6 Å². The molecule has 4 nitrogen and oxygen atoms in total. The first-order valence-electron chi connectivity index (χ1n) is 7.70. The van der Waals surface area contributed by atoms with Crippen molar-refractivity contribution in [3.63, 3.8) is 0 Å². The zero-order chi connectivity index (χ0) is 15.8. The summed E-state index contributed by atoms with van der Waals surface area (Å²) in [5.41, 5.74) is 2.42. The Bertz CT molecular complexity index is 581. The Balaban J connectivity index is 0.00000264. The van der Waals surface area contributed by atoms with Crippen LogP contribution in [-0.4, -0.2) is 24.0 Å². The second kappa shape index (κ2) is 11.0. The number of aryl methyl sites for hydroxylation is 1. The number of nitrogens with one attached hydrogen (secondary N) is 2. The predicted molar refractivity (Wildman–Crippen MR) is 112 cm³/mol. The topological polar surface area (TPSA) is 49.3 Å². The zero-order valence-electron chi connectivity index (χ0n) is 13.8. The highest BCUT2D eigenvalue weighted by Gasteiger charge is 2.07. The van der Waals surface area contributed by atoms with Gasteiger partial charge in [0, 0.05) is 18.5 Å². The molecule has 0 aliphatic rings. The minimum atomic E-state index is 0. The molecule has 0 bridgehead atoms. The molecule has 0 saturated carbocycles. The molecule has 128 valence electrons. The average Bonchev–Trinajstić information content (AvgIpc) is 3.20. The number of nitrogens with zero attached hydrogens (tertiary/aromatic N) is 2. The quantitative estimate of drug-likeness (QED) is 0.366. The molecule has 2 aromatic rings. The fourth-order valence-electron chi connectivity index (χ4n) is 2.01. The Morgan fingerprint density at radius 3 is 2.74 bits per heavy atom. The molecule has 0 aromatic carbocycles. The number of aromatic nitrogens is 1. The smallest absolute Gasteiger partial charge is 0.191 e. The number of thiazole rings is 1. The van der Waals surface area contributed by atoms with Crippen LogP contribution in [-0.2, 0) is 13.0 Å². The molecule has 0 aliphatic heterocycles. The number of hydrogen-bond donors (Lipinski definition) is 2. The Labute approximate surface area is 163 Å². The number of thiophene rings is 1. The van der Waals surface area contributed by atoms with E-state index in [1.807, 2.05) is 0 Å². The molecule has 1 atom stereocenters. The van der Waals surface area contributed by atoms with E-state index in [0.29, 0.717) is 12.5 Å². The SMILES string of the molecule is CCNC(=NCc1csc(CC)n1)NCC(C)c1ccsc1.I. The van der Waals surface area contributed by atoms with Crippen molar-refractivity contribution in [3.05, 3.63) is 38.5 Å². The van der Waals surface area contributed by atoms with E-state index in [4.69, 9.17) is 0 Å². The number of guanidine groups is 1. The van der Waals surface area contributed by atoms with Gasteiger partial charge in [-0.25, -0.2) is 9.98 Å². The van der Waals surface area contributed by atoms with E-state index < -0.39 is 0 Å². The third kappa shape index (κ3) is 6.76. The highest BCUT2D eigenvalue weighted by molar-refractivity contribution is 14.0. The maximum atomic E-state index is 4.63. The molecular formula is C16H25IN4S2. The van der Waals surface area contributed by atoms with Crippen LogP contribution in [0.5, 0.6) is 0 Å². The van der Waals surface area contributed by atoms with Gasteiger partial charge in [-0.15, -0.1) is 35.3 Å². The molecule has 23 heavy (non-hydrogen) atoms. The van der Waals surface area contributed by atoms with Crippen LogP contribution in [0.4, 0.5) is 0 Å². The molecule has 2 rings (SSSR count). The minimum absolute atomic E-state index is 0. The molecule has 0 radical (unpaired) electrons. The first-order valence-corrected chi connectivity index (χ1v) is 9.52. The van der Waals surface area contributed by atoms with E-state index in [0.717, 1.165) is 31.2 Å². The van der Waals surface area contributed by atoms with Crippen LogP contribution in [0.15, 0.2) is 27.2 Å². The van der Waals surface area contributed by atoms with Crippen molar-refractivity contribution in [2.24, 2.45) is 4.99 Å². The minimum Gasteiger partial charge on any atom is -0.357 e. The van der Waals surface area contributed by atoms with E-state index >= 15 is 0 Å². The van der Waals surface area contributed by atoms with Crippen molar-refractivity contribution in [2.45, 2.75) is 39.7 Å². The number of aliphatic imine (C=N–C) groups is 1. The average molecular weight is 464 g/mol. The molecule has 7 heteroatoms. The summed E-state index contributed by atoms with van der Waals surface area (Å²) in [7, 11) is 0. The van der Waals surface area contributed by atoms with Gasteiger partial charge in [-0.1, -0.05) is 13.8 Å². The van der Waals surface area contributed by atoms with Gasteiger partial charge in [0.25, 0.3) is 0 Å². The van der Waals surface area contributed by atoms with Crippen molar-refractivity contribution < 1.29 is 0 Å². The lowest BCUT2D eigenvalue weighted by atomic mass is 10.1. The summed E-state index contributed by atoms with van der Waals surface area (Å²) in [6.07, 6.45) is 0.991. The van der Waals surface area contributed by atoms with E-state index in [1.54, 1.807) is 22.7 Å². The van der Waals surface area contributed by atoms with Gasteiger partial charge < -0.3 is 10.6 Å². The molecule has 0 spiro atoms. The van der Waals surface area contributed by atoms with E-state index in [2.05, 4.69) is 63.6 Å². The van der Waals surface area contributed by atoms with Crippen LogP contribution in [0, 0.1) is 0 Å². The molecule has 1 unspecified atom stereocenters. The van der Waals surface area contributed by atoms with Crippen LogP contribution >= 0.6 is 46.7 Å². The van der Waals surface area contributed by atoms with E-state index in [1.165, 1.54) is 10.6 Å². The fraction of sp³-hybridized carbons (Fsp3) is 0.500. The maximum Gasteiger partial charge on any atom is 0.191 e. The lowest BCUT2D eigenvalue weighted by Gasteiger charge is -2.15. The zero-order valence-corrected chi connectivity index (χ0v) is 17.8. The van der Waals surface area contributed by atoms with Crippen molar-refractivity contribution in [2.75, 3.05) is 13.1 Å². The summed E-state index contributed by atoms with van der Waals surface area (Å²) >= 11 is 3.45. The number of rotatable bonds is 7. The molecule has 0 fully saturated rings. The molecular weight excluding hydrogens is 439 g/mol. The monoisotopic (exact) mass is 464 g/mol. The Kier molecular flexibility index (Phi) is 9.73. The fourth-order valence-corrected chi connectivity index (χ4v) is 3.53. The highest BCUT2D eigenvalue weighted by atomic mass is 127. The van der Waals surface area contributed by atoms with Gasteiger partial charge in [-0.3, -0.25) is 0 Å². The molecule has 0 saturated heterocycles. The van der Waals surface area contributed by atoms with Gasteiger partial charge in [0.05, 0.1) is 17.2 Å². The van der Waals surface area contributed by atoms with Crippen molar-refractivity contribution in [1.82, 2.24) is 15.6 Å². The summed E-state index contributed by atoms with van der Waals surface area (Å²) in [5, 5.41) is 14.3. The van der Waals surface area contributed by atoms with Crippen molar-refractivity contribution >= 4 is 52.6 Å². The molecule has 0 amide bonds. The summed E-state index contributed by atoms with van der Waals surface area (Å²) in [6.45, 7) is 8.79. The van der Waals surface area contributed by atoms with Gasteiger partial charge in [0.1, 0.15) is 0 Å². The summed E-state index contributed by atoms with van der Waals surface area (Å²) < 4.78 is 0. The van der Waals surface area contributed by atoms with Gasteiger partial charge in [-0.05, 0) is 41.7 Å². The van der Waals surface area contributed by atoms with Gasteiger partial charge in [-0.2, -0.15) is 11.3 Å². The highest BCUT2D eigenvalue weighted by Crippen LogP contribution is 2.17. The number of halogens is 1. The predicted octanol–water partition coefficient (Wildman–Crippen LogP) is 4.24. The molecule has 2 N–H and O–H groups in total. The lowest BCUT2D eigenvalue weighted by Crippen LogP contribution is -2.39. The molecule has 2 aromatic heterocycles. The summed E-state index contributed by atoms with van der Waals surface area (Å²) in [4.78, 5) is 9.18. The Morgan fingerprint density at radius 2 is 2.13 bits per heavy atom. The number of hydrogen-bond acceptors (Lipinski definition) is 4. The van der Waals surface area contributed by atoms with Crippen LogP contribution in [0.1, 0.15) is 43.0 Å². The van der Waals surface area contributed by atoms with Crippen LogP contribution in [0.2, 0.25) is 0 Å². The van der Waals surface area contributed by atoms with Gasteiger partial charge in [0.2, 0.25) is 0 Å². The van der Waals surface area contributed by atoms with E-state index in [-0.39, 0.29) is 24.0 Å². The first-order chi connectivity index (χ1) is 10.7. The second-order valence-electron chi connectivity index (χ2n) is 5.12. The third-order valence-electron chi connectivity index (χ3n) is 3.33. The normalized spacial score (nSPS) is 12.6. The summed E-state index contributed by atoms with van der Waals surface area (Å²) in [5.74, 6) is 1.33. The standard InChI is InChI=1S/C16H24N4S2.HI/c1-4-15-20-14(11-22-15)9-19-16(17-5-2)18-8-12(3)13-6-7-21-10-13;/h6-7,10-12H,4-5,8-9H2,1-3H3,(H2,17,18,19);1H. The first kappa shape index (κ1) is 20.4. The van der Waals surface area contributed by atoms with Crippen molar-refractivity contribution in [3.8, 4) is 0 Å². The van der Waals surface area contributed by atoms with E-state index in [9.17, 15) is 0 Å². The maximum absolute atomic E-state index is 4.63. The Morgan fingerprint density at radius 1 is 1.30 bits per heavy atom. The lowest BCUT2D eigenvalue weighted by molar-refractivity contribution is 0.701. The second-order valence-corrected chi connectivity index (χ2v) is 6.84. The largest absolute Gasteiger partial charge is 0.357 e. The van der Waals surface area contributed by atoms with Crippen LogP contribution in [0.25, 0.3) is 0 Å². The molecule has 2 heterocycles. The van der Waals surface area contributed by atoms with Gasteiger partial charge in [0.15, 0.2) is 5.96 Å². The van der Waals surface area contributed by atoms with Crippen molar-refractivity contribution in [1.29, 1.82) is 0 Å².